The third-order valence-corrected chi connectivity index (χ3v) is 6.85. The van der Waals surface area contributed by atoms with Crippen molar-refractivity contribution in [2.75, 3.05) is 7.05 Å². The van der Waals surface area contributed by atoms with Crippen LogP contribution in [-0.2, 0) is 4.74 Å². The van der Waals surface area contributed by atoms with Crippen LogP contribution in [0.2, 0.25) is 0 Å². The van der Waals surface area contributed by atoms with Gasteiger partial charge in [-0.25, -0.2) is 9.97 Å². The Morgan fingerprint density at radius 1 is 1.20 bits per heavy atom. The van der Waals surface area contributed by atoms with Crippen molar-refractivity contribution in [2.45, 2.75) is 75.7 Å². The predicted octanol–water partition coefficient (Wildman–Crippen LogP) is 3.49. The second-order valence-corrected chi connectivity index (χ2v) is 9.34. The van der Waals surface area contributed by atoms with E-state index in [1.165, 1.54) is 5.56 Å². The van der Waals surface area contributed by atoms with Crippen molar-refractivity contribution >= 4 is 5.91 Å². The fraction of sp³-hybridized carbons (Fsp3) is 0.542. The van der Waals surface area contributed by atoms with Gasteiger partial charge in [-0.15, -0.1) is 0 Å². The van der Waals surface area contributed by atoms with Gasteiger partial charge in [0.2, 0.25) is 0 Å². The summed E-state index contributed by atoms with van der Waals surface area (Å²) in [6.45, 7) is 5.90. The molecule has 3 heterocycles. The van der Waals surface area contributed by atoms with Crippen molar-refractivity contribution in [3.05, 3.63) is 59.7 Å². The largest absolute Gasteiger partial charge is 0.388 e. The number of aliphatic hydroxyl groups excluding tert-OH is 1. The van der Waals surface area contributed by atoms with Crippen molar-refractivity contribution in [1.82, 2.24) is 14.9 Å². The minimum Gasteiger partial charge on any atom is -0.388 e. The molecule has 0 aliphatic carbocycles. The first-order valence-electron chi connectivity index (χ1n) is 10.7. The zero-order valence-corrected chi connectivity index (χ0v) is 18.2. The summed E-state index contributed by atoms with van der Waals surface area (Å²) in [4.78, 5) is 23.1. The first-order chi connectivity index (χ1) is 14.2. The molecule has 2 bridgehead atoms. The van der Waals surface area contributed by atoms with Crippen molar-refractivity contribution in [3.63, 3.8) is 0 Å². The number of hydrogen-bond donors (Lipinski definition) is 1. The van der Waals surface area contributed by atoms with Gasteiger partial charge < -0.3 is 14.7 Å². The van der Waals surface area contributed by atoms with Crippen molar-refractivity contribution in [1.29, 1.82) is 0 Å². The number of aromatic nitrogens is 2. The molecule has 0 radical (unpaired) electrons. The van der Waals surface area contributed by atoms with Crippen LogP contribution in [0.5, 0.6) is 0 Å². The number of ether oxygens (including phenoxy) is 1. The molecule has 2 fully saturated rings. The Bertz CT molecular complexity index is 921. The zero-order chi connectivity index (χ0) is 21.5. The molecule has 0 saturated carbocycles. The smallest absolute Gasteiger partial charge is 0.272 e. The number of likely N-dealkylation sites (N-methyl/N-ethyl adjacent to an activating group) is 1. The van der Waals surface area contributed by atoms with Crippen LogP contribution in [0.25, 0.3) is 0 Å². The van der Waals surface area contributed by atoms with E-state index >= 15 is 0 Å². The fourth-order valence-corrected chi connectivity index (χ4v) is 5.35. The number of benzene rings is 1. The van der Waals surface area contributed by atoms with Gasteiger partial charge in [0.15, 0.2) is 0 Å². The van der Waals surface area contributed by atoms with Gasteiger partial charge in [0.1, 0.15) is 17.6 Å². The third kappa shape index (κ3) is 3.86. The Morgan fingerprint density at radius 2 is 1.93 bits per heavy atom. The lowest BCUT2D eigenvalue weighted by Gasteiger charge is -2.49. The first kappa shape index (κ1) is 20.9. The molecule has 6 nitrogen and oxygen atoms in total. The van der Waals surface area contributed by atoms with Crippen molar-refractivity contribution in [2.24, 2.45) is 0 Å². The highest BCUT2D eigenvalue weighted by Crippen LogP contribution is 2.50. The van der Waals surface area contributed by atoms with E-state index in [4.69, 9.17) is 4.74 Å². The van der Waals surface area contributed by atoms with E-state index in [2.05, 4.69) is 41.2 Å². The normalized spacial score (nSPS) is 33.6. The zero-order valence-electron chi connectivity index (χ0n) is 18.2. The number of amides is 1. The Hall–Kier alpha value is -2.31. The SMILES string of the molecule is Cc1nccc(C(=O)N(C)[C@@H]2CC[C@@]3(C)C[C@H](c4ccccc4)C[C@](C)(O3)[C@H]2O)n1. The monoisotopic (exact) mass is 409 g/mol. The highest BCUT2D eigenvalue weighted by atomic mass is 16.5. The molecule has 160 valence electrons. The van der Waals surface area contributed by atoms with Gasteiger partial charge >= 0.3 is 0 Å². The Balaban J connectivity index is 1.62. The Morgan fingerprint density at radius 3 is 2.63 bits per heavy atom. The number of aliphatic hydroxyl groups is 1. The van der Waals surface area contributed by atoms with E-state index in [-0.39, 0.29) is 17.6 Å². The standard InChI is InChI=1S/C24H31N3O3/c1-16-25-13-11-19(26-16)22(29)27(4)20-10-12-23(2)14-18(17-8-6-5-7-9-17)15-24(3,30-23)21(20)28/h5-9,11,13,18,20-21,28H,10,12,14-15H2,1-4H3/t18-,20+,21-,23-,24-/m0/s1. The number of fused-ring (bicyclic) bond motifs is 2. The van der Waals surface area contributed by atoms with Gasteiger partial charge in [0, 0.05) is 13.2 Å². The lowest BCUT2D eigenvalue weighted by atomic mass is 9.74. The summed E-state index contributed by atoms with van der Waals surface area (Å²) >= 11 is 0. The number of aryl methyl sites for hydroxylation is 1. The molecular formula is C24H31N3O3. The van der Waals surface area contributed by atoms with E-state index in [1.54, 1.807) is 31.1 Å². The molecule has 0 unspecified atom stereocenters. The third-order valence-electron chi connectivity index (χ3n) is 6.85. The quantitative estimate of drug-likeness (QED) is 0.840. The molecule has 4 rings (SSSR count). The summed E-state index contributed by atoms with van der Waals surface area (Å²) in [5.41, 5.74) is 0.567. The Kier molecular flexibility index (Phi) is 5.41. The number of carbonyl (C=O) groups is 1. The molecule has 30 heavy (non-hydrogen) atoms. The molecule has 1 amide bonds. The van der Waals surface area contributed by atoms with Crippen molar-refractivity contribution < 1.29 is 14.6 Å². The predicted molar refractivity (Wildman–Crippen MR) is 114 cm³/mol. The average Bonchev–Trinajstić information content (AvgIpc) is 2.79. The van der Waals surface area contributed by atoms with Crippen LogP contribution in [-0.4, -0.2) is 56.3 Å². The molecule has 2 saturated heterocycles. The van der Waals surface area contributed by atoms with Crippen LogP contribution in [0.1, 0.15) is 67.3 Å². The van der Waals surface area contributed by atoms with Crippen LogP contribution in [0.3, 0.4) is 0 Å². The highest BCUT2D eigenvalue weighted by Gasteiger charge is 2.54. The maximum Gasteiger partial charge on any atom is 0.272 e. The molecule has 0 spiro atoms. The summed E-state index contributed by atoms with van der Waals surface area (Å²) in [6.07, 6.45) is 3.90. The van der Waals surface area contributed by atoms with Crippen LogP contribution < -0.4 is 0 Å². The minimum atomic E-state index is -0.789. The maximum absolute atomic E-state index is 13.1. The average molecular weight is 410 g/mol. The maximum atomic E-state index is 13.1. The van der Waals surface area contributed by atoms with E-state index in [9.17, 15) is 9.90 Å². The molecule has 6 heteroatoms. The summed E-state index contributed by atoms with van der Waals surface area (Å²) in [6, 6.07) is 11.8. The molecular weight excluding hydrogens is 378 g/mol. The molecule has 1 aromatic heterocycles. The van der Waals surface area contributed by atoms with Crippen LogP contribution >= 0.6 is 0 Å². The summed E-state index contributed by atoms with van der Waals surface area (Å²) < 4.78 is 6.56. The topological polar surface area (TPSA) is 75.6 Å². The van der Waals surface area contributed by atoms with Crippen molar-refractivity contribution in [3.8, 4) is 0 Å². The van der Waals surface area contributed by atoms with Gasteiger partial charge in [0.25, 0.3) is 5.91 Å². The summed E-state index contributed by atoms with van der Waals surface area (Å²) in [7, 11) is 1.75. The second-order valence-electron chi connectivity index (χ2n) is 9.34. The van der Waals surface area contributed by atoms with Gasteiger partial charge in [-0.2, -0.15) is 0 Å². The van der Waals surface area contributed by atoms with Gasteiger partial charge in [-0.1, -0.05) is 30.3 Å². The molecule has 2 aliphatic heterocycles. The van der Waals surface area contributed by atoms with E-state index in [0.717, 1.165) is 19.3 Å². The summed E-state index contributed by atoms with van der Waals surface area (Å²) in [5, 5.41) is 11.5. The number of hydrogen-bond acceptors (Lipinski definition) is 5. The molecule has 2 aliphatic rings. The van der Waals surface area contributed by atoms with Crippen LogP contribution in [0.15, 0.2) is 42.6 Å². The number of rotatable bonds is 3. The summed E-state index contributed by atoms with van der Waals surface area (Å²) in [5.74, 6) is 0.670. The first-order valence-corrected chi connectivity index (χ1v) is 10.7. The molecule has 2 aromatic rings. The number of nitrogens with zero attached hydrogens (tertiary/aromatic N) is 3. The van der Waals surface area contributed by atoms with E-state index in [1.807, 2.05) is 13.0 Å². The van der Waals surface area contributed by atoms with E-state index in [0.29, 0.717) is 23.9 Å². The lowest BCUT2D eigenvalue weighted by Crippen LogP contribution is -2.57. The highest BCUT2D eigenvalue weighted by molar-refractivity contribution is 5.92. The molecule has 1 aromatic carbocycles. The number of carbonyl (C=O) groups excluding carboxylic acids is 1. The molecule has 1 N–H and O–H groups in total. The van der Waals surface area contributed by atoms with Gasteiger partial charge in [0.05, 0.1) is 17.2 Å². The lowest BCUT2D eigenvalue weighted by molar-refractivity contribution is -0.214. The fourth-order valence-electron chi connectivity index (χ4n) is 5.35. The minimum absolute atomic E-state index is 0.200. The van der Waals surface area contributed by atoms with E-state index < -0.39 is 11.7 Å². The van der Waals surface area contributed by atoms with Gasteiger partial charge in [-0.05, 0) is 64.0 Å². The molecule has 5 atom stereocenters. The van der Waals surface area contributed by atoms with Gasteiger partial charge in [-0.3, -0.25) is 4.79 Å². The second kappa shape index (κ2) is 7.75. The van der Waals surface area contributed by atoms with Crippen LogP contribution in [0.4, 0.5) is 0 Å². The van der Waals surface area contributed by atoms with Crippen LogP contribution in [0, 0.1) is 6.92 Å². The Labute approximate surface area is 178 Å².